The van der Waals surface area contributed by atoms with E-state index in [1.54, 1.807) is 0 Å². The van der Waals surface area contributed by atoms with E-state index in [0.717, 1.165) is 50.2 Å². The van der Waals surface area contributed by atoms with E-state index in [4.69, 9.17) is 0 Å². The first-order chi connectivity index (χ1) is 13.0. The van der Waals surface area contributed by atoms with Crippen molar-refractivity contribution in [1.29, 1.82) is 0 Å². The minimum Gasteiger partial charge on any atom is -0.309 e. The Labute approximate surface area is 152 Å². The first-order valence-corrected chi connectivity index (χ1v) is 8.62. The molecule has 0 radical (unpaired) electrons. The zero-order valence-corrected chi connectivity index (χ0v) is 14.2. The van der Waals surface area contributed by atoms with Crippen LogP contribution in [0, 0.1) is 0 Å². The largest absolute Gasteiger partial charge is 0.416 e. The van der Waals surface area contributed by atoms with Crippen LogP contribution in [0.5, 0.6) is 0 Å². The number of nitrogens with zero attached hydrogens (tertiary/aromatic N) is 1. The molecule has 4 heteroatoms. The molecule has 2 heterocycles. The predicted molar refractivity (Wildman–Crippen MR) is 103 cm³/mol. The average Bonchev–Trinajstić information content (AvgIpc) is 3.18. The molecule has 3 aromatic carbocycles. The molecule has 0 amide bonds. The van der Waals surface area contributed by atoms with Gasteiger partial charge < -0.3 is 4.40 Å². The van der Waals surface area contributed by atoms with Crippen molar-refractivity contribution in [2.75, 3.05) is 0 Å². The Bertz CT molecular complexity index is 1340. The quantitative estimate of drug-likeness (QED) is 0.355. The summed E-state index contributed by atoms with van der Waals surface area (Å²) >= 11 is 0. The lowest BCUT2D eigenvalue weighted by molar-refractivity contribution is -0.137. The summed E-state index contributed by atoms with van der Waals surface area (Å²) in [6.07, 6.45) is -2.37. The maximum atomic E-state index is 12.8. The number of benzene rings is 3. The van der Waals surface area contributed by atoms with Crippen molar-refractivity contribution in [2.45, 2.75) is 6.18 Å². The number of hydrogen-bond donors (Lipinski definition) is 0. The monoisotopic (exact) mass is 361 g/mol. The zero-order valence-electron chi connectivity index (χ0n) is 14.2. The van der Waals surface area contributed by atoms with Crippen molar-refractivity contribution < 1.29 is 13.2 Å². The number of halogens is 3. The number of fused-ring (bicyclic) bond motifs is 5. The lowest BCUT2D eigenvalue weighted by atomic mass is 10.1. The van der Waals surface area contributed by atoms with Crippen LogP contribution >= 0.6 is 0 Å². The minimum absolute atomic E-state index is 0.634. The minimum atomic E-state index is -4.32. The van der Waals surface area contributed by atoms with E-state index in [1.807, 2.05) is 36.4 Å². The third-order valence-electron chi connectivity index (χ3n) is 4.97. The number of aromatic nitrogens is 1. The van der Waals surface area contributed by atoms with Gasteiger partial charge >= 0.3 is 6.18 Å². The van der Waals surface area contributed by atoms with E-state index < -0.39 is 11.7 Å². The van der Waals surface area contributed by atoms with Gasteiger partial charge in [0.05, 0.1) is 22.1 Å². The summed E-state index contributed by atoms with van der Waals surface area (Å²) in [4.78, 5) is 0. The number of para-hydroxylation sites is 2. The molecule has 0 fully saturated rings. The fraction of sp³-hybridized carbons (Fsp3) is 0.0435. The Kier molecular flexibility index (Phi) is 3.31. The van der Waals surface area contributed by atoms with Gasteiger partial charge in [-0.15, -0.1) is 0 Å². The topological polar surface area (TPSA) is 4.41 Å². The molecule has 0 saturated carbocycles. The lowest BCUT2D eigenvalue weighted by Gasteiger charge is -2.05. The van der Waals surface area contributed by atoms with Crippen LogP contribution < -0.4 is 5.22 Å². The molecule has 0 aliphatic heterocycles. The molecular formula is C23H14F3N. The van der Waals surface area contributed by atoms with Crippen molar-refractivity contribution in [1.82, 2.24) is 4.40 Å². The fourth-order valence-electron chi connectivity index (χ4n) is 3.73. The zero-order chi connectivity index (χ0) is 18.6. The fourth-order valence-corrected chi connectivity index (χ4v) is 3.73. The maximum absolute atomic E-state index is 12.8. The first-order valence-electron chi connectivity index (χ1n) is 8.62. The van der Waals surface area contributed by atoms with Crippen LogP contribution in [0.2, 0.25) is 0 Å². The highest BCUT2D eigenvalue weighted by atomic mass is 19.4. The standard InChI is InChI=1S/C23H14F3N/c24-23(25,26)17-11-9-15(10-12-17)13-19-18-6-2-4-8-21(18)27-20-7-3-1-5-16(20)14-22(19)27/h1-14H/b19-13-. The average molecular weight is 361 g/mol. The van der Waals surface area contributed by atoms with Crippen LogP contribution in [0.3, 0.4) is 0 Å². The third-order valence-corrected chi connectivity index (χ3v) is 4.97. The third kappa shape index (κ3) is 2.48. The summed E-state index contributed by atoms with van der Waals surface area (Å²) in [5.74, 6) is 0. The summed E-state index contributed by atoms with van der Waals surface area (Å²) in [5.41, 5.74) is 3.37. The van der Waals surface area contributed by atoms with Crippen LogP contribution in [-0.2, 0) is 6.18 Å². The van der Waals surface area contributed by atoms with Crippen LogP contribution in [0.15, 0.2) is 78.9 Å². The van der Waals surface area contributed by atoms with Crippen LogP contribution in [0.4, 0.5) is 13.2 Å². The number of hydrogen-bond acceptors (Lipinski definition) is 0. The molecule has 0 atom stereocenters. The molecule has 5 aromatic rings. The number of alkyl halides is 3. The second kappa shape index (κ2) is 5.61. The summed E-state index contributed by atoms with van der Waals surface area (Å²) in [6, 6.07) is 23.7. The van der Waals surface area contributed by atoms with E-state index in [1.165, 1.54) is 12.1 Å². The van der Waals surface area contributed by atoms with Gasteiger partial charge in [0.2, 0.25) is 0 Å². The Balaban J connectivity index is 1.82. The van der Waals surface area contributed by atoms with E-state index in [9.17, 15) is 13.2 Å². The summed E-state index contributed by atoms with van der Waals surface area (Å²) in [6.45, 7) is 0. The highest BCUT2D eigenvalue weighted by Crippen LogP contribution is 2.29. The molecule has 0 N–H and O–H groups in total. The van der Waals surface area contributed by atoms with Crippen LogP contribution in [0.25, 0.3) is 33.4 Å². The van der Waals surface area contributed by atoms with Crippen LogP contribution in [0.1, 0.15) is 11.1 Å². The van der Waals surface area contributed by atoms with Crippen molar-refractivity contribution in [3.05, 3.63) is 95.2 Å². The van der Waals surface area contributed by atoms with Crippen molar-refractivity contribution in [3.8, 4) is 0 Å². The highest BCUT2D eigenvalue weighted by Gasteiger charge is 2.29. The van der Waals surface area contributed by atoms with E-state index >= 15 is 0 Å². The van der Waals surface area contributed by atoms with Crippen molar-refractivity contribution in [2.24, 2.45) is 0 Å². The van der Waals surface area contributed by atoms with Gasteiger partial charge in [-0.3, -0.25) is 0 Å². The first kappa shape index (κ1) is 15.9. The summed E-state index contributed by atoms with van der Waals surface area (Å²) in [7, 11) is 0. The summed E-state index contributed by atoms with van der Waals surface area (Å²) < 4.78 is 40.7. The molecule has 2 aromatic heterocycles. The Morgan fingerprint density at radius 3 is 2.11 bits per heavy atom. The molecule has 0 bridgehead atoms. The Hall–Kier alpha value is -3.27. The normalized spacial score (nSPS) is 13.2. The molecule has 1 nitrogen and oxygen atoms in total. The lowest BCUT2D eigenvalue weighted by Crippen LogP contribution is -2.04. The highest BCUT2D eigenvalue weighted by molar-refractivity contribution is 5.99. The van der Waals surface area contributed by atoms with E-state index in [0.29, 0.717) is 0 Å². The molecule has 0 unspecified atom stereocenters. The van der Waals surface area contributed by atoms with Crippen molar-refractivity contribution >= 4 is 33.4 Å². The van der Waals surface area contributed by atoms with Gasteiger partial charge in [-0.2, -0.15) is 13.2 Å². The molecule has 27 heavy (non-hydrogen) atoms. The van der Waals surface area contributed by atoms with Gasteiger partial charge in [-0.05, 0) is 42.0 Å². The van der Waals surface area contributed by atoms with Gasteiger partial charge in [0, 0.05) is 16.0 Å². The van der Waals surface area contributed by atoms with Gasteiger partial charge in [0.1, 0.15) is 0 Å². The summed E-state index contributed by atoms with van der Waals surface area (Å²) in [5, 5.41) is 3.24. The van der Waals surface area contributed by atoms with Crippen LogP contribution in [-0.4, -0.2) is 4.40 Å². The van der Waals surface area contributed by atoms with Gasteiger partial charge in [-0.1, -0.05) is 48.5 Å². The SMILES string of the molecule is FC(F)(F)c1ccc(/C=c2/c3ccccc3n3c2cc2ccccc23)cc1. The molecule has 0 spiro atoms. The second-order valence-electron chi connectivity index (χ2n) is 6.62. The molecule has 0 aliphatic carbocycles. The van der Waals surface area contributed by atoms with Gasteiger partial charge in [0.25, 0.3) is 0 Å². The molecule has 132 valence electrons. The molecule has 0 aliphatic rings. The Morgan fingerprint density at radius 1 is 0.704 bits per heavy atom. The molecule has 0 saturated heterocycles. The smallest absolute Gasteiger partial charge is 0.309 e. The van der Waals surface area contributed by atoms with E-state index in [-0.39, 0.29) is 0 Å². The predicted octanol–water partition coefficient (Wildman–Crippen LogP) is 5.81. The second-order valence-corrected chi connectivity index (χ2v) is 6.62. The molecular weight excluding hydrogens is 347 g/mol. The van der Waals surface area contributed by atoms with Gasteiger partial charge in [-0.25, -0.2) is 0 Å². The maximum Gasteiger partial charge on any atom is 0.416 e. The number of rotatable bonds is 1. The Morgan fingerprint density at radius 2 is 1.37 bits per heavy atom. The van der Waals surface area contributed by atoms with E-state index in [2.05, 4.69) is 28.7 Å². The van der Waals surface area contributed by atoms with Gasteiger partial charge in [0.15, 0.2) is 0 Å². The molecule has 5 rings (SSSR count). The van der Waals surface area contributed by atoms with Crippen molar-refractivity contribution in [3.63, 3.8) is 0 Å².